The van der Waals surface area contributed by atoms with E-state index in [-0.39, 0.29) is 5.91 Å². The van der Waals surface area contributed by atoms with Gasteiger partial charge in [-0.15, -0.1) is 0 Å². The van der Waals surface area contributed by atoms with Gasteiger partial charge in [0, 0.05) is 12.1 Å². The molecule has 1 amide bonds. The zero-order chi connectivity index (χ0) is 9.97. The molecular formula is C12H15NO. The second kappa shape index (κ2) is 3.82. The van der Waals surface area contributed by atoms with Crippen LogP contribution in [0.3, 0.4) is 0 Å². The number of nitrogens with one attached hydrogen (secondary N) is 1. The van der Waals surface area contributed by atoms with Crippen LogP contribution in [0.15, 0.2) is 18.2 Å². The highest BCUT2D eigenvalue weighted by atomic mass is 16.1. The summed E-state index contributed by atoms with van der Waals surface area (Å²) in [5.41, 5.74) is 3.60. The summed E-state index contributed by atoms with van der Waals surface area (Å²) in [6.45, 7) is 2.16. The van der Waals surface area contributed by atoms with E-state index in [4.69, 9.17) is 0 Å². The fraction of sp³-hybridized carbons (Fsp3) is 0.417. The number of amides is 1. The smallest absolute Gasteiger partial charge is 0.224 e. The lowest BCUT2D eigenvalue weighted by atomic mass is 9.99. The Balaban J connectivity index is 2.28. The fourth-order valence-electron chi connectivity index (χ4n) is 1.86. The van der Waals surface area contributed by atoms with Crippen LogP contribution in [0.25, 0.3) is 0 Å². The normalized spacial score (nSPS) is 14.8. The van der Waals surface area contributed by atoms with Crippen LogP contribution in [0.2, 0.25) is 0 Å². The van der Waals surface area contributed by atoms with E-state index >= 15 is 0 Å². The molecule has 0 saturated heterocycles. The van der Waals surface area contributed by atoms with E-state index in [0.29, 0.717) is 6.42 Å². The van der Waals surface area contributed by atoms with Crippen molar-refractivity contribution in [2.24, 2.45) is 0 Å². The van der Waals surface area contributed by atoms with Gasteiger partial charge in [0.15, 0.2) is 0 Å². The number of fused-ring (bicyclic) bond motifs is 1. The second-order valence-electron chi connectivity index (χ2n) is 3.79. The summed E-state index contributed by atoms with van der Waals surface area (Å²) in [4.78, 5) is 11.2. The van der Waals surface area contributed by atoms with Crippen molar-refractivity contribution >= 4 is 11.6 Å². The van der Waals surface area contributed by atoms with Crippen LogP contribution in [-0.2, 0) is 17.6 Å². The van der Waals surface area contributed by atoms with Crippen LogP contribution in [0.5, 0.6) is 0 Å². The molecule has 1 aromatic rings. The van der Waals surface area contributed by atoms with Gasteiger partial charge in [0.05, 0.1) is 0 Å². The third-order valence-electron chi connectivity index (χ3n) is 2.61. The molecule has 0 unspecified atom stereocenters. The van der Waals surface area contributed by atoms with Crippen molar-refractivity contribution in [1.29, 1.82) is 0 Å². The predicted molar refractivity (Wildman–Crippen MR) is 57.4 cm³/mol. The summed E-state index contributed by atoms with van der Waals surface area (Å²) < 4.78 is 0. The Morgan fingerprint density at radius 2 is 2.21 bits per heavy atom. The first-order chi connectivity index (χ1) is 6.79. The zero-order valence-electron chi connectivity index (χ0n) is 8.47. The van der Waals surface area contributed by atoms with Crippen LogP contribution < -0.4 is 5.32 Å². The molecule has 0 aromatic heterocycles. The molecule has 0 radical (unpaired) electrons. The largest absolute Gasteiger partial charge is 0.326 e. The Labute approximate surface area is 84.3 Å². The van der Waals surface area contributed by atoms with E-state index < -0.39 is 0 Å². The Hall–Kier alpha value is -1.31. The second-order valence-corrected chi connectivity index (χ2v) is 3.79. The van der Waals surface area contributed by atoms with Gasteiger partial charge in [-0.2, -0.15) is 0 Å². The molecule has 0 bridgehead atoms. The van der Waals surface area contributed by atoms with Crippen molar-refractivity contribution in [3.63, 3.8) is 0 Å². The number of anilines is 1. The maximum atomic E-state index is 11.2. The molecule has 0 saturated carbocycles. The van der Waals surface area contributed by atoms with Gasteiger partial charge < -0.3 is 5.32 Å². The highest BCUT2D eigenvalue weighted by molar-refractivity contribution is 5.93. The molecule has 2 rings (SSSR count). The van der Waals surface area contributed by atoms with Crippen LogP contribution in [0.4, 0.5) is 5.69 Å². The van der Waals surface area contributed by atoms with Crippen molar-refractivity contribution in [3.8, 4) is 0 Å². The molecule has 0 aliphatic carbocycles. The van der Waals surface area contributed by atoms with Gasteiger partial charge in [-0.05, 0) is 30.0 Å². The van der Waals surface area contributed by atoms with Gasteiger partial charge in [0.1, 0.15) is 0 Å². The molecule has 1 aliphatic rings. The number of carbonyl (C=O) groups excluding carboxylic acids is 1. The van der Waals surface area contributed by atoms with E-state index in [2.05, 4.69) is 30.4 Å². The number of benzene rings is 1. The predicted octanol–water partition coefficient (Wildman–Crippen LogP) is 2.52. The molecule has 2 heteroatoms. The minimum atomic E-state index is 0.145. The molecule has 0 spiro atoms. The Morgan fingerprint density at radius 3 is 3.00 bits per heavy atom. The lowest BCUT2D eigenvalue weighted by Gasteiger charge is -2.17. The lowest BCUT2D eigenvalue weighted by Crippen LogP contribution is -2.18. The van der Waals surface area contributed by atoms with Crippen molar-refractivity contribution in [2.45, 2.75) is 32.6 Å². The average molecular weight is 189 g/mol. The summed E-state index contributed by atoms with van der Waals surface area (Å²) in [7, 11) is 0. The number of hydrogen-bond donors (Lipinski definition) is 1. The third-order valence-corrected chi connectivity index (χ3v) is 2.61. The summed E-state index contributed by atoms with van der Waals surface area (Å²) in [6.07, 6.45) is 3.74. The SMILES string of the molecule is CCCc1ccc2c(c1)NC(=O)CC2. The Bertz CT molecular complexity index is 357. The fourth-order valence-corrected chi connectivity index (χ4v) is 1.86. The van der Waals surface area contributed by atoms with Crippen LogP contribution >= 0.6 is 0 Å². The molecule has 0 fully saturated rings. The molecule has 1 aliphatic heterocycles. The van der Waals surface area contributed by atoms with E-state index in [9.17, 15) is 4.79 Å². The number of hydrogen-bond acceptors (Lipinski definition) is 1. The summed E-state index contributed by atoms with van der Waals surface area (Å²) >= 11 is 0. The maximum absolute atomic E-state index is 11.2. The summed E-state index contributed by atoms with van der Waals surface area (Å²) in [5.74, 6) is 0.145. The van der Waals surface area contributed by atoms with Gasteiger partial charge in [-0.25, -0.2) is 0 Å². The van der Waals surface area contributed by atoms with Gasteiger partial charge in [-0.3, -0.25) is 4.79 Å². The first-order valence-electron chi connectivity index (χ1n) is 5.21. The van der Waals surface area contributed by atoms with Crippen LogP contribution in [0.1, 0.15) is 30.9 Å². The highest BCUT2D eigenvalue weighted by Crippen LogP contribution is 2.24. The van der Waals surface area contributed by atoms with Crippen molar-refractivity contribution in [2.75, 3.05) is 5.32 Å². The molecule has 1 aromatic carbocycles. The van der Waals surface area contributed by atoms with Crippen molar-refractivity contribution < 1.29 is 4.79 Å². The zero-order valence-corrected chi connectivity index (χ0v) is 8.47. The van der Waals surface area contributed by atoms with Gasteiger partial charge in [0.25, 0.3) is 0 Å². The van der Waals surface area contributed by atoms with Crippen molar-refractivity contribution in [3.05, 3.63) is 29.3 Å². The minimum absolute atomic E-state index is 0.145. The van der Waals surface area contributed by atoms with Gasteiger partial charge in [0.2, 0.25) is 5.91 Å². The standard InChI is InChI=1S/C12H15NO/c1-2-3-9-4-5-10-6-7-12(14)13-11(10)8-9/h4-5,8H,2-3,6-7H2,1H3,(H,13,14). The van der Waals surface area contributed by atoms with Crippen molar-refractivity contribution in [1.82, 2.24) is 0 Å². The number of aryl methyl sites for hydroxylation is 2. The Kier molecular flexibility index (Phi) is 2.53. The maximum Gasteiger partial charge on any atom is 0.224 e. The van der Waals surface area contributed by atoms with E-state index in [1.807, 2.05) is 0 Å². The van der Waals surface area contributed by atoms with Gasteiger partial charge >= 0.3 is 0 Å². The molecule has 1 N–H and O–H groups in total. The van der Waals surface area contributed by atoms with E-state index in [1.165, 1.54) is 11.1 Å². The minimum Gasteiger partial charge on any atom is -0.326 e. The lowest BCUT2D eigenvalue weighted by molar-refractivity contribution is -0.116. The third kappa shape index (κ3) is 1.79. The van der Waals surface area contributed by atoms with Gasteiger partial charge in [-0.1, -0.05) is 25.5 Å². The monoisotopic (exact) mass is 189 g/mol. The first-order valence-corrected chi connectivity index (χ1v) is 5.21. The van der Waals surface area contributed by atoms with Crippen LogP contribution in [0, 0.1) is 0 Å². The summed E-state index contributed by atoms with van der Waals surface area (Å²) in [5, 5.41) is 2.92. The molecular weight excluding hydrogens is 174 g/mol. The molecule has 74 valence electrons. The van der Waals surface area contributed by atoms with E-state index in [1.54, 1.807) is 0 Å². The van der Waals surface area contributed by atoms with E-state index in [0.717, 1.165) is 24.9 Å². The topological polar surface area (TPSA) is 29.1 Å². The number of rotatable bonds is 2. The molecule has 1 heterocycles. The molecule has 2 nitrogen and oxygen atoms in total. The Morgan fingerprint density at radius 1 is 1.36 bits per heavy atom. The first kappa shape index (κ1) is 9.25. The highest BCUT2D eigenvalue weighted by Gasteiger charge is 2.14. The summed E-state index contributed by atoms with van der Waals surface area (Å²) in [6, 6.07) is 6.41. The average Bonchev–Trinajstić information content (AvgIpc) is 2.17. The van der Waals surface area contributed by atoms with Crippen LogP contribution in [-0.4, -0.2) is 5.91 Å². The quantitative estimate of drug-likeness (QED) is 0.761. The number of carbonyl (C=O) groups is 1. The molecule has 0 atom stereocenters. The molecule has 14 heavy (non-hydrogen) atoms.